The lowest BCUT2D eigenvalue weighted by atomic mass is 9.97. The van der Waals surface area contributed by atoms with Crippen LogP contribution in [0.3, 0.4) is 0 Å². The minimum Gasteiger partial charge on any atom is -0.456 e. The number of benzene rings is 1. The van der Waals surface area contributed by atoms with E-state index in [4.69, 9.17) is 10.5 Å². The summed E-state index contributed by atoms with van der Waals surface area (Å²) in [6.07, 6.45) is 2.60. The van der Waals surface area contributed by atoms with Gasteiger partial charge in [-0.1, -0.05) is 13.0 Å². The van der Waals surface area contributed by atoms with E-state index >= 15 is 0 Å². The van der Waals surface area contributed by atoms with E-state index in [1.54, 1.807) is 25.3 Å². The van der Waals surface area contributed by atoms with Crippen molar-refractivity contribution in [2.24, 2.45) is 5.73 Å². The third-order valence-electron chi connectivity index (χ3n) is 4.22. The molecule has 4 nitrogen and oxygen atoms in total. The Labute approximate surface area is 150 Å². The number of ether oxygens (including phenoxy) is 1. The lowest BCUT2D eigenvalue weighted by Gasteiger charge is -2.26. The molecule has 1 aliphatic rings. The van der Waals surface area contributed by atoms with Crippen LogP contribution >= 0.6 is 0 Å². The molecule has 0 amide bonds. The zero-order valence-corrected chi connectivity index (χ0v) is 15.3. The van der Waals surface area contributed by atoms with Gasteiger partial charge in [0.25, 0.3) is 0 Å². The fraction of sp³-hybridized carbons (Fsp3) is 0.350. The zero-order valence-electron chi connectivity index (χ0n) is 15.3. The first kappa shape index (κ1) is 18.2. The van der Waals surface area contributed by atoms with Gasteiger partial charge in [0.05, 0.1) is 22.5 Å². The van der Waals surface area contributed by atoms with Gasteiger partial charge in [0.1, 0.15) is 5.60 Å². The second-order valence-electron chi connectivity index (χ2n) is 7.34. The number of carbonyl (C=O) groups excluding carboxylic acids is 1. The number of rotatable bonds is 2. The molecule has 6 heteroatoms. The average molecular weight is 360 g/mol. The zero-order chi connectivity index (χ0) is 19.2. The third kappa shape index (κ3) is 3.00. The van der Waals surface area contributed by atoms with Crippen LogP contribution in [0.2, 0.25) is 0 Å². The van der Waals surface area contributed by atoms with Gasteiger partial charge in [-0.05, 0) is 51.0 Å². The number of aromatic nitrogens is 1. The molecule has 3 rings (SSSR count). The molecule has 138 valence electrons. The molecule has 0 saturated heterocycles. The Morgan fingerprint density at radius 1 is 1.35 bits per heavy atom. The predicted octanol–water partition coefficient (Wildman–Crippen LogP) is 4.28. The minimum atomic E-state index is -0.919. The molecule has 0 fully saturated rings. The second-order valence-corrected chi connectivity index (χ2v) is 7.34. The van der Waals surface area contributed by atoms with E-state index in [0.717, 1.165) is 6.07 Å². The van der Waals surface area contributed by atoms with Gasteiger partial charge >= 0.3 is 5.97 Å². The van der Waals surface area contributed by atoms with Gasteiger partial charge in [0.15, 0.2) is 11.6 Å². The quantitative estimate of drug-likeness (QED) is 0.813. The van der Waals surface area contributed by atoms with Gasteiger partial charge in [-0.25, -0.2) is 13.6 Å². The Balaban J connectivity index is 2.23. The maximum atomic E-state index is 14.2. The van der Waals surface area contributed by atoms with Crippen LogP contribution in [-0.2, 0) is 16.1 Å². The molecule has 1 aromatic heterocycles. The second kappa shape index (κ2) is 6.27. The van der Waals surface area contributed by atoms with E-state index < -0.39 is 23.2 Å². The van der Waals surface area contributed by atoms with Crippen LogP contribution in [0.4, 0.5) is 8.78 Å². The first-order chi connectivity index (χ1) is 12.1. The van der Waals surface area contributed by atoms with Crippen LogP contribution in [0.5, 0.6) is 0 Å². The maximum absolute atomic E-state index is 14.2. The number of allylic oxidation sites excluding steroid dienone is 1. The summed E-state index contributed by atoms with van der Waals surface area (Å²) in [6.45, 7) is 7.63. The number of carbonyl (C=O) groups is 1. The molecule has 0 saturated carbocycles. The minimum absolute atomic E-state index is 0.143. The van der Waals surface area contributed by atoms with Crippen molar-refractivity contribution in [1.29, 1.82) is 0 Å². The number of fused-ring (bicyclic) bond motifs is 3. The molecule has 2 N–H and O–H groups in total. The van der Waals surface area contributed by atoms with E-state index in [2.05, 4.69) is 0 Å². The summed E-state index contributed by atoms with van der Waals surface area (Å²) in [4.78, 5) is 12.7. The largest absolute Gasteiger partial charge is 0.456 e. The van der Waals surface area contributed by atoms with Crippen LogP contribution < -0.4 is 5.73 Å². The third-order valence-corrected chi connectivity index (χ3v) is 4.22. The van der Waals surface area contributed by atoms with Crippen molar-refractivity contribution in [2.45, 2.75) is 46.3 Å². The highest BCUT2D eigenvalue weighted by Gasteiger charge is 2.31. The molecule has 26 heavy (non-hydrogen) atoms. The van der Waals surface area contributed by atoms with E-state index in [1.807, 2.05) is 13.0 Å². The first-order valence-electron chi connectivity index (χ1n) is 8.54. The Morgan fingerprint density at radius 3 is 2.65 bits per heavy atom. The highest BCUT2D eigenvalue weighted by molar-refractivity contribution is 6.03. The van der Waals surface area contributed by atoms with E-state index in [1.165, 1.54) is 12.1 Å². The number of hydrogen-bond donors (Lipinski definition) is 1. The van der Waals surface area contributed by atoms with Gasteiger partial charge < -0.3 is 15.0 Å². The number of nitrogens with two attached hydrogens (primary N) is 1. The van der Waals surface area contributed by atoms with Gasteiger partial charge in [-0.15, -0.1) is 0 Å². The summed E-state index contributed by atoms with van der Waals surface area (Å²) in [6, 6.07) is 4.10. The van der Waals surface area contributed by atoms with Crippen molar-refractivity contribution in [2.75, 3.05) is 0 Å². The van der Waals surface area contributed by atoms with E-state index in [9.17, 15) is 13.6 Å². The SMILES string of the molecule is CC/C=C1/Cn2c(cc3c(F)c(F)ccc32)C(N)=C1C(=O)OC(C)(C)C. The van der Waals surface area contributed by atoms with Gasteiger partial charge in [-0.3, -0.25) is 0 Å². The number of hydrogen-bond acceptors (Lipinski definition) is 3. The number of nitrogens with zero attached hydrogens (tertiary/aromatic N) is 1. The summed E-state index contributed by atoms with van der Waals surface area (Å²) in [7, 11) is 0. The van der Waals surface area contributed by atoms with E-state index in [-0.39, 0.29) is 16.7 Å². The van der Waals surface area contributed by atoms with Crippen molar-refractivity contribution in [3.05, 3.63) is 52.7 Å². The standard InChI is InChI=1S/C20H22F2N2O2/c1-5-6-11-10-24-14-8-7-13(21)17(22)12(14)9-15(24)18(23)16(11)19(25)26-20(2,3)4/h6-9H,5,10,23H2,1-4H3/b11-6-. The summed E-state index contributed by atoms with van der Waals surface area (Å²) in [5.74, 6) is -2.35. The molecule has 1 aromatic carbocycles. The topological polar surface area (TPSA) is 57.2 Å². The van der Waals surface area contributed by atoms with Crippen LogP contribution in [0.25, 0.3) is 16.6 Å². The monoisotopic (exact) mass is 360 g/mol. The summed E-state index contributed by atoms with van der Waals surface area (Å²) >= 11 is 0. The molecule has 0 bridgehead atoms. The van der Waals surface area contributed by atoms with Crippen LogP contribution in [-0.4, -0.2) is 16.1 Å². The van der Waals surface area contributed by atoms with E-state index in [0.29, 0.717) is 29.7 Å². The van der Waals surface area contributed by atoms with Crippen molar-refractivity contribution >= 4 is 22.6 Å². The lowest BCUT2D eigenvalue weighted by molar-refractivity contribution is -0.149. The maximum Gasteiger partial charge on any atom is 0.341 e. The van der Waals surface area contributed by atoms with Crippen molar-refractivity contribution < 1.29 is 18.3 Å². The van der Waals surface area contributed by atoms with Crippen molar-refractivity contribution in [3.63, 3.8) is 0 Å². The van der Waals surface area contributed by atoms with Crippen LogP contribution in [0.1, 0.15) is 39.8 Å². The molecule has 2 aromatic rings. The summed E-state index contributed by atoms with van der Waals surface area (Å²) < 4.78 is 35.1. The smallest absolute Gasteiger partial charge is 0.341 e. The summed E-state index contributed by atoms with van der Waals surface area (Å²) in [5, 5.41) is 0.143. The number of halogens is 2. The highest BCUT2D eigenvalue weighted by Crippen LogP contribution is 2.35. The van der Waals surface area contributed by atoms with Gasteiger partial charge in [0.2, 0.25) is 0 Å². The fourth-order valence-electron chi connectivity index (χ4n) is 3.20. The Hall–Kier alpha value is -2.63. The summed E-state index contributed by atoms with van der Waals surface area (Å²) in [5.41, 5.74) is 7.85. The van der Waals surface area contributed by atoms with Crippen molar-refractivity contribution in [1.82, 2.24) is 4.57 Å². The average Bonchev–Trinajstić information content (AvgIpc) is 2.89. The molecule has 1 aliphatic heterocycles. The molecule has 0 aliphatic carbocycles. The highest BCUT2D eigenvalue weighted by atomic mass is 19.2. The molecular weight excluding hydrogens is 338 g/mol. The molecule has 0 unspecified atom stereocenters. The fourth-order valence-corrected chi connectivity index (χ4v) is 3.20. The molecular formula is C20H22F2N2O2. The molecule has 0 atom stereocenters. The molecule has 2 heterocycles. The van der Waals surface area contributed by atoms with Crippen LogP contribution in [0, 0.1) is 11.6 Å². The Bertz CT molecular complexity index is 962. The Morgan fingerprint density at radius 2 is 2.04 bits per heavy atom. The first-order valence-corrected chi connectivity index (χ1v) is 8.54. The molecule has 0 radical (unpaired) electrons. The van der Waals surface area contributed by atoms with Crippen molar-refractivity contribution in [3.8, 4) is 0 Å². The Kier molecular flexibility index (Phi) is 4.38. The lowest BCUT2D eigenvalue weighted by Crippen LogP contribution is -2.29. The molecule has 0 spiro atoms. The predicted molar refractivity (Wildman–Crippen MR) is 97.2 cm³/mol. The van der Waals surface area contributed by atoms with Gasteiger partial charge in [0, 0.05) is 11.9 Å². The van der Waals surface area contributed by atoms with Crippen LogP contribution in [0.15, 0.2) is 35.4 Å². The van der Waals surface area contributed by atoms with Gasteiger partial charge in [-0.2, -0.15) is 0 Å². The number of esters is 1. The normalized spacial score (nSPS) is 16.3.